The monoisotopic (exact) mass is 302 g/mol. The van der Waals surface area contributed by atoms with E-state index in [1.807, 2.05) is 12.1 Å². The molecule has 1 saturated carbocycles. The molecule has 1 aromatic heterocycles. The molecule has 120 valence electrons. The first-order valence-electron chi connectivity index (χ1n) is 8.71. The fourth-order valence-electron chi connectivity index (χ4n) is 3.30. The van der Waals surface area contributed by atoms with Gasteiger partial charge in [-0.25, -0.2) is 4.98 Å². The molecular weight excluding hydrogens is 276 g/mol. The topological polar surface area (TPSA) is 42.4 Å². The Bertz CT molecular complexity index is 514. The second kappa shape index (κ2) is 7.12. The molecule has 2 fully saturated rings. The lowest BCUT2D eigenvalue weighted by Crippen LogP contribution is -2.39. The molecule has 0 N–H and O–H groups in total. The van der Waals surface area contributed by atoms with Crippen molar-refractivity contribution in [1.82, 2.24) is 9.88 Å². The lowest BCUT2D eigenvalue weighted by atomic mass is 9.96. The van der Waals surface area contributed by atoms with Gasteiger partial charge in [-0.1, -0.05) is 19.8 Å². The van der Waals surface area contributed by atoms with Crippen LogP contribution in [0.1, 0.15) is 68.6 Å². The van der Waals surface area contributed by atoms with Crippen molar-refractivity contribution in [3.63, 3.8) is 0 Å². The SMILES string of the molecule is CC[C@@H]1CCCCCN1C(=O)c1ccnc(OC2CCC2)c1. The number of pyridine rings is 1. The van der Waals surface area contributed by atoms with E-state index in [9.17, 15) is 4.79 Å². The third kappa shape index (κ3) is 3.42. The van der Waals surface area contributed by atoms with Crippen LogP contribution in [0.25, 0.3) is 0 Å². The molecule has 1 atom stereocenters. The van der Waals surface area contributed by atoms with Crippen LogP contribution in [0, 0.1) is 0 Å². The Kier molecular flexibility index (Phi) is 4.96. The largest absolute Gasteiger partial charge is 0.474 e. The molecule has 1 amide bonds. The zero-order valence-corrected chi connectivity index (χ0v) is 13.5. The van der Waals surface area contributed by atoms with Gasteiger partial charge in [0.2, 0.25) is 5.88 Å². The first kappa shape index (κ1) is 15.3. The minimum Gasteiger partial charge on any atom is -0.474 e. The van der Waals surface area contributed by atoms with Crippen LogP contribution in [0.5, 0.6) is 5.88 Å². The molecule has 0 unspecified atom stereocenters. The van der Waals surface area contributed by atoms with Gasteiger partial charge < -0.3 is 9.64 Å². The van der Waals surface area contributed by atoms with Crippen molar-refractivity contribution in [2.45, 2.75) is 70.4 Å². The molecule has 4 nitrogen and oxygen atoms in total. The van der Waals surface area contributed by atoms with Gasteiger partial charge in [-0.15, -0.1) is 0 Å². The highest BCUT2D eigenvalue weighted by atomic mass is 16.5. The standard InChI is InChI=1S/C18H26N2O2/c1-2-15-7-4-3-5-12-20(15)18(21)14-10-11-19-17(13-14)22-16-8-6-9-16/h10-11,13,15-16H,2-9,12H2,1H3/t15-/m1/s1. The molecule has 0 radical (unpaired) electrons. The van der Waals surface area contributed by atoms with Crippen molar-refractivity contribution < 1.29 is 9.53 Å². The van der Waals surface area contributed by atoms with E-state index < -0.39 is 0 Å². The van der Waals surface area contributed by atoms with E-state index in [0.717, 1.165) is 38.6 Å². The first-order valence-corrected chi connectivity index (χ1v) is 8.71. The highest BCUT2D eigenvalue weighted by Gasteiger charge is 2.26. The lowest BCUT2D eigenvalue weighted by molar-refractivity contribution is 0.0675. The van der Waals surface area contributed by atoms with E-state index in [1.54, 1.807) is 6.20 Å². The number of hydrogen-bond donors (Lipinski definition) is 0. The normalized spacial score (nSPS) is 22.8. The summed E-state index contributed by atoms with van der Waals surface area (Å²) in [5.41, 5.74) is 0.713. The Morgan fingerprint density at radius 2 is 2.14 bits per heavy atom. The van der Waals surface area contributed by atoms with Crippen LogP contribution in [-0.2, 0) is 0 Å². The van der Waals surface area contributed by atoms with E-state index in [0.29, 0.717) is 23.6 Å². The van der Waals surface area contributed by atoms with E-state index in [-0.39, 0.29) is 5.91 Å². The molecule has 1 aromatic rings. The van der Waals surface area contributed by atoms with Crippen LogP contribution < -0.4 is 4.74 Å². The molecule has 22 heavy (non-hydrogen) atoms. The van der Waals surface area contributed by atoms with Gasteiger partial charge >= 0.3 is 0 Å². The number of ether oxygens (including phenoxy) is 1. The summed E-state index contributed by atoms with van der Waals surface area (Å²) in [6, 6.07) is 4.01. The quantitative estimate of drug-likeness (QED) is 0.849. The van der Waals surface area contributed by atoms with Gasteiger partial charge in [0.1, 0.15) is 6.10 Å². The smallest absolute Gasteiger partial charge is 0.254 e. The maximum atomic E-state index is 12.9. The number of amides is 1. The summed E-state index contributed by atoms with van der Waals surface area (Å²) in [4.78, 5) is 19.2. The van der Waals surface area contributed by atoms with Crippen LogP contribution in [-0.4, -0.2) is 34.5 Å². The van der Waals surface area contributed by atoms with Crippen LogP contribution in [0.2, 0.25) is 0 Å². The Labute approximate surface area is 132 Å². The van der Waals surface area contributed by atoms with Crippen molar-refractivity contribution >= 4 is 5.91 Å². The zero-order chi connectivity index (χ0) is 15.4. The average Bonchev–Trinajstić information content (AvgIpc) is 2.75. The Morgan fingerprint density at radius 3 is 2.86 bits per heavy atom. The number of hydrogen-bond acceptors (Lipinski definition) is 3. The zero-order valence-electron chi connectivity index (χ0n) is 13.5. The van der Waals surface area contributed by atoms with Gasteiger partial charge in [0.25, 0.3) is 5.91 Å². The lowest BCUT2D eigenvalue weighted by Gasteiger charge is -2.30. The summed E-state index contributed by atoms with van der Waals surface area (Å²) >= 11 is 0. The minimum atomic E-state index is 0.134. The maximum absolute atomic E-state index is 12.9. The average molecular weight is 302 g/mol. The second-order valence-corrected chi connectivity index (χ2v) is 6.46. The van der Waals surface area contributed by atoms with Gasteiger partial charge in [-0.2, -0.15) is 0 Å². The van der Waals surface area contributed by atoms with Crippen molar-refractivity contribution in [3.8, 4) is 5.88 Å². The van der Waals surface area contributed by atoms with Gasteiger partial charge in [0, 0.05) is 30.4 Å². The molecule has 2 aliphatic rings. The van der Waals surface area contributed by atoms with Gasteiger partial charge in [0.05, 0.1) is 0 Å². The fraction of sp³-hybridized carbons (Fsp3) is 0.667. The molecule has 2 heterocycles. The molecule has 4 heteroatoms. The molecule has 0 bridgehead atoms. The Hall–Kier alpha value is -1.58. The highest BCUT2D eigenvalue weighted by molar-refractivity contribution is 5.94. The summed E-state index contributed by atoms with van der Waals surface area (Å²) in [5.74, 6) is 0.730. The Morgan fingerprint density at radius 1 is 1.27 bits per heavy atom. The molecule has 3 rings (SSSR count). The number of carbonyl (C=O) groups is 1. The van der Waals surface area contributed by atoms with Crippen molar-refractivity contribution in [1.29, 1.82) is 0 Å². The molecule has 1 saturated heterocycles. The van der Waals surface area contributed by atoms with Gasteiger partial charge in [0.15, 0.2) is 0 Å². The van der Waals surface area contributed by atoms with Crippen LogP contribution in [0.15, 0.2) is 18.3 Å². The third-order valence-electron chi connectivity index (χ3n) is 4.93. The first-order chi connectivity index (χ1) is 10.8. The van der Waals surface area contributed by atoms with Crippen LogP contribution in [0.3, 0.4) is 0 Å². The van der Waals surface area contributed by atoms with E-state index in [4.69, 9.17) is 4.74 Å². The summed E-state index contributed by atoms with van der Waals surface area (Å²) in [6.07, 6.45) is 11.1. The number of nitrogens with zero attached hydrogens (tertiary/aromatic N) is 2. The van der Waals surface area contributed by atoms with Crippen LogP contribution in [0.4, 0.5) is 0 Å². The minimum absolute atomic E-state index is 0.134. The van der Waals surface area contributed by atoms with Crippen molar-refractivity contribution in [3.05, 3.63) is 23.9 Å². The Balaban J connectivity index is 1.73. The number of likely N-dealkylation sites (tertiary alicyclic amines) is 1. The maximum Gasteiger partial charge on any atom is 0.254 e. The molecule has 0 spiro atoms. The predicted octanol–water partition coefficient (Wildman–Crippen LogP) is 3.81. The van der Waals surface area contributed by atoms with E-state index in [1.165, 1.54) is 19.3 Å². The number of aromatic nitrogens is 1. The van der Waals surface area contributed by atoms with E-state index >= 15 is 0 Å². The fourth-order valence-corrected chi connectivity index (χ4v) is 3.30. The number of rotatable bonds is 4. The summed E-state index contributed by atoms with van der Waals surface area (Å²) in [7, 11) is 0. The van der Waals surface area contributed by atoms with E-state index in [2.05, 4.69) is 16.8 Å². The highest BCUT2D eigenvalue weighted by Crippen LogP contribution is 2.25. The van der Waals surface area contributed by atoms with Crippen molar-refractivity contribution in [2.24, 2.45) is 0 Å². The third-order valence-corrected chi connectivity index (χ3v) is 4.93. The molecular formula is C18H26N2O2. The summed E-state index contributed by atoms with van der Waals surface area (Å²) in [6.45, 7) is 3.05. The molecule has 1 aliphatic heterocycles. The van der Waals surface area contributed by atoms with Crippen molar-refractivity contribution in [2.75, 3.05) is 6.54 Å². The summed E-state index contributed by atoms with van der Waals surface area (Å²) in [5, 5.41) is 0. The summed E-state index contributed by atoms with van der Waals surface area (Å²) < 4.78 is 5.82. The number of carbonyl (C=O) groups excluding carboxylic acids is 1. The van der Waals surface area contributed by atoms with Gasteiger partial charge in [-0.3, -0.25) is 4.79 Å². The molecule has 0 aromatic carbocycles. The molecule has 1 aliphatic carbocycles. The second-order valence-electron chi connectivity index (χ2n) is 6.46. The van der Waals surface area contributed by atoms with Crippen LogP contribution >= 0.6 is 0 Å². The predicted molar refractivity (Wildman–Crippen MR) is 86.1 cm³/mol. The van der Waals surface area contributed by atoms with Gasteiger partial charge in [-0.05, 0) is 44.6 Å².